The molecule has 0 aromatic heterocycles. The molecule has 0 radical (unpaired) electrons. The third-order valence-corrected chi connectivity index (χ3v) is 2.56. The molecule has 2 heteroatoms. The maximum Gasteiger partial charge on any atom is 0.0960 e. The Balaban J connectivity index is 2.16. The zero-order chi connectivity index (χ0) is 6.48. The van der Waals surface area contributed by atoms with Gasteiger partial charge in [0.05, 0.1) is 5.66 Å². The Morgan fingerprint density at radius 2 is 2.44 bits per heavy atom. The molecule has 2 unspecified atom stereocenters. The van der Waals surface area contributed by atoms with Crippen molar-refractivity contribution < 1.29 is 0 Å². The molecule has 0 aromatic carbocycles. The Labute approximate surface area is 55.3 Å². The molecule has 2 nitrogen and oxygen atoms in total. The molecule has 2 saturated heterocycles. The van der Waals surface area contributed by atoms with Crippen LogP contribution in [0, 0.1) is 5.92 Å². The number of hydrogen-bond acceptors (Lipinski definition) is 2. The van der Waals surface area contributed by atoms with E-state index in [1.165, 1.54) is 5.57 Å². The lowest BCUT2D eigenvalue weighted by Crippen LogP contribution is -2.79. The van der Waals surface area contributed by atoms with Crippen LogP contribution in [0.25, 0.3) is 0 Å². The van der Waals surface area contributed by atoms with Crippen LogP contribution in [0.4, 0.5) is 0 Å². The Kier molecular flexibility index (Phi) is 0.838. The zero-order valence-electron chi connectivity index (χ0n) is 5.70. The Morgan fingerprint density at radius 3 is 2.44 bits per heavy atom. The average Bonchev–Trinajstić information content (AvgIpc) is 1.82. The van der Waals surface area contributed by atoms with E-state index < -0.39 is 0 Å². The van der Waals surface area contributed by atoms with Crippen molar-refractivity contribution in [3.8, 4) is 0 Å². The summed E-state index contributed by atoms with van der Waals surface area (Å²) in [5.74, 6) is 0.735. The van der Waals surface area contributed by atoms with Gasteiger partial charge in [-0.3, -0.25) is 10.6 Å². The van der Waals surface area contributed by atoms with Crippen LogP contribution in [0.1, 0.15) is 6.92 Å². The van der Waals surface area contributed by atoms with Crippen LogP contribution in [-0.4, -0.2) is 18.8 Å². The van der Waals surface area contributed by atoms with Crippen LogP contribution < -0.4 is 10.6 Å². The lowest BCUT2D eigenvalue weighted by molar-refractivity contribution is 0.0716. The van der Waals surface area contributed by atoms with Crippen molar-refractivity contribution in [3.63, 3.8) is 0 Å². The maximum atomic E-state index is 3.96. The van der Waals surface area contributed by atoms with Crippen LogP contribution in [-0.2, 0) is 0 Å². The van der Waals surface area contributed by atoms with Crippen LogP contribution >= 0.6 is 0 Å². The van der Waals surface area contributed by atoms with Gasteiger partial charge in [0.1, 0.15) is 0 Å². The second kappa shape index (κ2) is 1.39. The van der Waals surface area contributed by atoms with Gasteiger partial charge >= 0.3 is 0 Å². The summed E-state index contributed by atoms with van der Waals surface area (Å²) in [7, 11) is 0. The minimum absolute atomic E-state index is 0.167. The quantitative estimate of drug-likeness (QED) is 0.447. The summed E-state index contributed by atoms with van der Waals surface area (Å²) < 4.78 is 0. The summed E-state index contributed by atoms with van der Waals surface area (Å²) >= 11 is 0. The molecule has 50 valence electrons. The summed E-state index contributed by atoms with van der Waals surface area (Å²) in [6.07, 6.45) is 0. The molecule has 2 aliphatic heterocycles. The molecule has 2 fully saturated rings. The molecule has 0 saturated carbocycles. The number of hydrogen-bond donors (Lipinski definition) is 2. The highest BCUT2D eigenvalue weighted by Crippen LogP contribution is 2.35. The summed E-state index contributed by atoms with van der Waals surface area (Å²) in [4.78, 5) is 0. The van der Waals surface area contributed by atoms with Crippen molar-refractivity contribution in [1.82, 2.24) is 10.6 Å². The number of rotatable bonds is 0. The van der Waals surface area contributed by atoms with Crippen molar-refractivity contribution in [3.05, 3.63) is 12.2 Å². The topological polar surface area (TPSA) is 24.1 Å². The molecular formula is C7H12N2. The van der Waals surface area contributed by atoms with E-state index in [4.69, 9.17) is 0 Å². The van der Waals surface area contributed by atoms with Gasteiger partial charge in [-0.2, -0.15) is 0 Å². The fourth-order valence-electron chi connectivity index (χ4n) is 1.62. The third kappa shape index (κ3) is 0.438. The Morgan fingerprint density at radius 1 is 1.67 bits per heavy atom. The highest BCUT2D eigenvalue weighted by molar-refractivity contribution is 5.31. The molecule has 9 heavy (non-hydrogen) atoms. The van der Waals surface area contributed by atoms with Gasteiger partial charge < -0.3 is 0 Å². The third-order valence-electron chi connectivity index (χ3n) is 2.56. The Hall–Kier alpha value is -0.340. The van der Waals surface area contributed by atoms with Crippen LogP contribution in [0.15, 0.2) is 12.2 Å². The van der Waals surface area contributed by atoms with E-state index in [-0.39, 0.29) is 5.66 Å². The normalized spacial score (nSPS) is 48.6. The van der Waals surface area contributed by atoms with Crippen LogP contribution in [0.2, 0.25) is 0 Å². The highest BCUT2D eigenvalue weighted by atomic mass is 15.3. The molecular weight excluding hydrogens is 112 g/mol. The molecule has 2 heterocycles. The lowest BCUT2D eigenvalue weighted by atomic mass is 9.75. The minimum atomic E-state index is 0.167. The fourth-order valence-corrected chi connectivity index (χ4v) is 1.62. The molecule has 1 spiro atoms. The predicted molar refractivity (Wildman–Crippen MR) is 37.0 cm³/mol. The molecule has 2 atom stereocenters. The zero-order valence-corrected chi connectivity index (χ0v) is 5.70. The first-order chi connectivity index (χ1) is 4.26. The van der Waals surface area contributed by atoms with E-state index in [1.54, 1.807) is 0 Å². The molecule has 0 aliphatic carbocycles. The molecule has 2 aliphatic rings. The van der Waals surface area contributed by atoms with Gasteiger partial charge in [-0.25, -0.2) is 0 Å². The summed E-state index contributed by atoms with van der Waals surface area (Å²) in [6, 6.07) is 0. The van der Waals surface area contributed by atoms with Crippen LogP contribution in [0.3, 0.4) is 0 Å². The van der Waals surface area contributed by atoms with Crippen molar-refractivity contribution in [2.75, 3.05) is 13.1 Å². The van der Waals surface area contributed by atoms with E-state index in [1.807, 2.05) is 0 Å². The van der Waals surface area contributed by atoms with E-state index >= 15 is 0 Å². The van der Waals surface area contributed by atoms with Gasteiger partial charge in [0.2, 0.25) is 0 Å². The van der Waals surface area contributed by atoms with Crippen molar-refractivity contribution in [2.24, 2.45) is 5.92 Å². The van der Waals surface area contributed by atoms with Gasteiger partial charge in [0, 0.05) is 19.0 Å². The number of nitrogens with one attached hydrogen (secondary N) is 2. The van der Waals surface area contributed by atoms with Gasteiger partial charge in [0.25, 0.3) is 0 Å². The first-order valence-corrected chi connectivity index (χ1v) is 3.44. The summed E-state index contributed by atoms with van der Waals surface area (Å²) in [5, 5.41) is 6.69. The fraction of sp³-hybridized carbons (Fsp3) is 0.714. The largest absolute Gasteiger partial charge is 0.295 e. The van der Waals surface area contributed by atoms with E-state index in [0.717, 1.165) is 19.0 Å². The van der Waals surface area contributed by atoms with Gasteiger partial charge in [-0.1, -0.05) is 13.5 Å². The predicted octanol–water partition coefficient (Wildman–Crippen LogP) is 0.0814. The van der Waals surface area contributed by atoms with E-state index in [9.17, 15) is 0 Å². The SMILES string of the molecule is C=C1CNC12NCC2C. The smallest absolute Gasteiger partial charge is 0.0960 e. The first kappa shape index (κ1) is 5.45. The molecule has 0 aromatic rings. The molecule has 0 amide bonds. The monoisotopic (exact) mass is 124 g/mol. The second-order valence-electron chi connectivity index (χ2n) is 3.05. The highest BCUT2D eigenvalue weighted by Gasteiger charge is 2.50. The van der Waals surface area contributed by atoms with Gasteiger partial charge in [-0.15, -0.1) is 0 Å². The average molecular weight is 124 g/mol. The van der Waals surface area contributed by atoms with Crippen molar-refractivity contribution in [2.45, 2.75) is 12.6 Å². The van der Waals surface area contributed by atoms with Crippen molar-refractivity contribution >= 4 is 0 Å². The molecule has 0 bridgehead atoms. The van der Waals surface area contributed by atoms with E-state index in [0.29, 0.717) is 0 Å². The minimum Gasteiger partial charge on any atom is -0.295 e. The van der Waals surface area contributed by atoms with E-state index in [2.05, 4.69) is 24.1 Å². The lowest BCUT2D eigenvalue weighted by Gasteiger charge is -2.57. The van der Waals surface area contributed by atoms with Crippen molar-refractivity contribution in [1.29, 1.82) is 0 Å². The van der Waals surface area contributed by atoms with Gasteiger partial charge in [-0.05, 0) is 5.57 Å². The maximum absolute atomic E-state index is 3.96. The Bertz CT molecular complexity index is 160. The van der Waals surface area contributed by atoms with Crippen LogP contribution in [0.5, 0.6) is 0 Å². The summed E-state index contributed by atoms with van der Waals surface area (Å²) in [6.45, 7) is 8.33. The first-order valence-electron chi connectivity index (χ1n) is 3.44. The molecule has 2 N–H and O–H groups in total. The molecule has 2 rings (SSSR count). The second-order valence-corrected chi connectivity index (χ2v) is 3.05. The summed E-state index contributed by atoms with van der Waals surface area (Å²) in [5.41, 5.74) is 1.49. The standard InChI is InChI=1S/C7H12N2/c1-5-3-8-7(5)6(2)4-9-7/h6,8-9H,1,3-4H2,2H3. The van der Waals surface area contributed by atoms with Gasteiger partial charge in [0.15, 0.2) is 0 Å².